The number of piperidine rings is 1. The van der Waals surface area contributed by atoms with Crippen molar-refractivity contribution in [2.75, 3.05) is 69.7 Å². The Hall–Kier alpha value is -2.22. The van der Waals surface area contributed by atoms with E-state index in [1.165, 1.54) is 18.5 Å². The number of likely N-dealkylation sites (tertiary alicyclic amines) is 1. The molecule has 0 bridgehead atoms. The summed E-state index contributed by atoms with van der Waals surface area (Å²) in [6, 6.07) is 9.97. The summed E-state index contributed by atoms with van der Waals surface area (Å²) >= 11 is 0. The van der Waals surface area contributed by atoms with Gasteiger partial charge in [0.2, 0.25) is 0 Å². The van der Waals surface area contributed by atoms with Crippen molar-refractivity contribution >= 4 is 11.5 Å². The molecular formula is C27H40N6O. The van der Waals surface area contributed by atoms with Crippen LogP contribution in [0.2, 0.25) is 0 Å². The number of hydrogen-bond donors (Lipinski definition) is 1. The van der Waals surface area contributed by atoms with Crippen LogP contribution in [0.15, 0.2) is 24.3 Å². The summed E-state index contributed by atoms with van der Waals surface area (Å²) in [6.45, 7) is 12.8. The smallest absolute Gasteiger partial charge is 0.161 e. The minimum Gasteiger partial charge on any atom is -0.381 e. The number of ether oxygens (including phenoxy) is 1. The van der Waals surface area contributed by atoms with Crippen LogP contribution in [-0.4, -0.2) is 91.4 Å². The van der Waals surface area contributed by atoms with Crippen LogP contribution >= 0.6 is 0 Å². The Kier molecular flexibility index (Phi) is 7.32. The number of likely N-dealkylation sites (N-methyl/N-ethyl adjacent to an activating group) is 1. The maximum atomic E-state index is 5.55. The first kappa shape index (κ1) is 23.5. The molecule has 4 heterocycles. The zero-order valence-electron chi connectivity index (χ0n) is 21.1. The third-order valence-corrected chi connectivity index (χ3v) is 7.96. The van der Waals surface area contributed by atoms with Gasteiger partial charge in [0, 0.05) is 87.1 Å². The Morgan fingerprint density at radius 1 is 0.853 bits per heavy atom. The zero-order chi connectivity index (χ0) is 23.5. The lowest BCUT2D eigenvalue weighted by atomic mass is 9.99. The predicted octanol–water partition coefficient (Wildman–Crippen LogP) is 3.57. The molecule has 0 spiro atoms. The summed E-state index contributed by atoms with van der Waals surface area (Å²) < 4.78 is 5.55. The van der Waals surface area contributed by atoms with Crippen LogP contribution in [0.5, 0.6) is 0 Å². The lowest BCUT2D eigenvalue weighted by Gasteiger charge is -2.39. The SMILES string of the molecule is Cc1nc(-c2ccc(N3CCN(C)CC3)cc2)nc(NC2CCN(C3CCOCC3)CC2)c1C. The van der Waals surface area contributed by atoms with Crippen LogP contribution in [0, 0.1) is 13.8 Å². The maximum Gasteiger partial charge on any atom is 0.161 e. The molecule has 3 fully saturated rings. The first-order valence-electron chi connectivity index (χ1n) is 13.0. The Balaban J connectivity index is 1.24. The highest BCUT2D eigenvalue weighted by molar-refractivity contribution is 5.63. The lowest BCUT2D eigenvalue weighted by molar-refractivity contribution is 0.0262. The number of piperazine rings is 1. The van der Waals surface area contributed by atoms with Gasteiger partial charge in [0.25, 0.3) is 0 Å². The van der Waals surface area contributed by atoms with E-state index >= 15 is 0 Å². The van der Waals surface area contributed by atoms with Gasteiger partial charge in [-0.2, -0.15) is 0 Å². The first-order valence-corrected chi connectivity index (χ1v) is 13.0. The third-order valence-electron chi connectivity index (χ3n) is 7.96. The van der Waals surface area contributed by atoms with Crippen molar-refractivity contribution in [2.24, 2.45) is 0 Å². The van der Waals surface area contributed by atoms with Crippen molar-refractivity contribution in [1.82, 2.24) is 19.8 Å². The molecule has 3 saturated heterocycles. The van der Waals surface area contributed by atoms with Crippen molar-refractivity contribution in [3.8, 4) is 11.4 Å². The molecule has 0 amide bonds. The quantitative estimate of drug-likeness (QED) is 0.726. The van der Waals surface area contributed by atoms with Gasteiger partial charge < -0.3 is 24.8 Å². The summed E-state index contributed by atoms with van der Waals surface area (Å²) in [4.78, 5) is 17.3. The van der Waals surface area contributed by atoms with Gasteiger partial charge in [0.05, 0.1) is 0 Å². The van der Waals surface area contributed by atoms with E-state index in [9.17, 15) is 0 Å². The van der Waals surface area contributed by atoms with Crippen molar-refractivity contribution in [3.05, 3.63) is 35.5 Å². The van der Waals surface area contributed by atoms with Gasteiger partial charge >= 0.3 is 0 Å². The number of rotatable bonds is 5. The average Bonchev–Trinajstić information content (AvgIpc) is 2.88. The normalized spacial score (nSPS) is 21.7. The molecule has 5 rings (SSSR count). The minimum absolute atomic E-state index is 0.469. The summed E-state index contributed by atoms with van der Waals surface area (Å²) in [5.41, 5.74) is 4.58. The fraction of sp³-hybridized carbons (Fsp3) is 0.630. The summed E-state index contributed by atoms with van der Waals surface area (Å²) in [5, 5.41) is 3.78. The molecule has 0 unspecified atom stereocenters. The fourth-order valence-electron chi connectivity index (χ4n) is 5.44. The minimum atomic E-state index is 0.469. The zero-order valence-corrected chi connectivity index (χ0v) is 21.1. The molecule has 0 atom stereocenters. The van der Waals surface area contributed by atoms with Crippen molar-refractivity contribution in [3.63, 3.8) is 0 Å². The van der Waals surface area contributed by atoms with Gasteiger partial charge in [-0.05, 0) is 70.8 Å². The highest BCUT2D eigenvalue weighted by Gasteiger charge is 2.27. The molecule has 0 radical (unpaired) electrons. The number of aryl methyl sites for hydroxylation is 1. The van der Waals surface area contributed by atoms with Gasteiger partial charge in [-0.1, -0.05) is 0 Å². The van der Waals surface area contributed by atoms with E-state index in [2.05, 4.69) is 65.2 Å². The monoisotopic (exact) mass is 464 g/mol. The topological polar surface area (TPSA) is 56.8 Å². The molecular weight excluding hydrogens is 424 g/mol. The van der Waals surface area contributed by atoms with Crippen molar-refractivity contribution in [2.45, 2.75) is 51.6 Å². The van der Waals surface area contributed by atoms with Gasteiger partial charge in [-0.3, -0.25) is 0 Å². The lowest BCUT2D eigenvalue weighted by Crippen LogP contribution is -2.46. The van der Waals surface area contributed by atoms with E-state index in [4.69, 9.17) is 14.7 Å². The second kappa shape index (κ2) is 10.6. The standard InChI is InChI=1S/C27H40N6O/c1-20-21(2)28-27(22-4-6-24(7-5-22)33-16-14-31(3)15-17-33)30-26(20)29-23-8-12-32(13-9-23)25-10-18-34-19-11-25/h4-7,23,25H,8-19H2,1-3H3,(H,28,29,30). The van der Waals surface area contributed by atoms with Crippen molar-refractivity contribution in [1.29, 1.82) is 0 Å². The fourth-order valence-corrected chi connectivity index (χ4v) is 5.44. The van der Waals surface area contributed by atoms with Crippen LogP contribution in [-0.2, 0) is 4.74 Å². The molecule has 2 aromatic rings. The molecule has 34 heavy (non-hydrogen) atoms. The Morgan fingerprint density at radius 2 is 1.53 bits per heavy atom. The van der Waals surface area contributed by atoms with Gasteiger partial charge in [-0.15, -0.1) is 0 Å². The van der Waals surface area contributed by atoms with Crippen LogP contribution in [0.25, 0.3) is 11.4 Å². The highest BCUT2D eigenvalue weighted by Crippen LogP contribution is 2.27. The highest BCUT2D eigenvalue weighted by atomic mass is 16.5. The Bertz CT molecular complexity index is 942. The average molecular weight is 465 g/mol. The third kappa shape index (κ3) is 5.37. The van der Waals surface area contributed by atoms with Crippen LogP contribution in [0.3, 0.4) is 0 Å². The van der Waals surface area contributed by atoms with E-state index in [1.807, 2.05) is 0 Å². The predicted molar refractivity (Wildman–Crippen MR) is 139 cm³/mol. The summed E-state index contributed by atoms with van der Waals surface area (Å²) in [7, 11) is 2.19. The molecule has 7 heteroatoms. The molecule has 3 aliphatic rings. The molecule has 184 valence electrons. The first-order chi connectivity index (χ1) is 16.6. The Labute approximate surface area is 204 Å². The number of aromatic nitrogens is 2. The number of benzene rings is 1. The molecule has 3 aliphatic heterocycles. The molecule has 0 saturated carbocycles. The molecule has 0 aliphatic carbocycles. The second-order valence-electron chi connectivity index (χ2n) is 10.2. The van der Waals surface area contributed by atoms with E-state index in [0.717, 1.165) is 93.8 Å². The largest absolute Gasteiger partial charge is 0.381 e. The maximum absolute atomic E-state index is 5.55. The van der Waals surface area contributed by atoms with E-state index in [1.54, 1.807) is 0 Å². The number of hydrogen-bond acceptors (Lipinski definition) is 7. The van der Waals surface area contributed by atoms with Crippen LogP contribution < -0.4 is 10.2 Å². The summed E-state index contributed by atoms with van der Waals surface area (Å²) in [5.74, 6) is 1.81. The van der Waals surface area contributed by atoms with Crippen LogP contribution in [0.4, 0.5) is 11.5 Å². The van der Waals surface area contributed by atoms with Crippen molar-refractivity contribution < 1.29 is 4.74 Å². The van der Waals surface area contributed by atoms with E-state index in [0.29, 0.717) is 12.1 Å². The van der Waals surface area contributed by atoms with Gasteiger partial charge in [-0.25, -0.2) is 9.97 Å². The molecule has 1 N–H and O–H groups in total. The van der Waals surface area contributed by atoms with Crippen LogP contribution in [0.1, 0.15) is 36.9 Å². The number of nitrogens with zero attached hydrogens (tertiary/aromatic N) is 5. The number of anilines is 2. The molecule has 7 nitrogen and oxygen atoms in total. The van der Waals surface area contributed by atoms with E-state index in [-0.39, 0.29) is 0 Å². The molecule has 1 aromatic carbocycles. The summed E-state index contributed by atoms with van der Waals surface area (Å²) in [6.07, 6.45) is 4.68. The number of nitrogens with one attached hydrogen (secondary N) is 1. The Morgan fingerprint density at radius 3 is 2.21 bits per heavy atom. The van der Waals surface area contributed by atoms with Gasteiger partial charge in [0.1, 0.15) is 5.82 Å². The molecule has 1 aromatic heterocycles. The van der Waals surface area contributed by atoms with Gasteiger partial charge in [0.15, 0.2) is 5.82 Å². The van der Waals surface area contributed by atoms with E-state index < -0.39 is 0 Å². The second-order valence-corrected chi connectivity index (χ2v) is 10.2.